The van der Waals surface area contributed by atoms with Crippen molar-refractivity contribution in [1.29, 1.82) is 0 Å². The van der Waals surface area contributed by atoms with E-state index in [1.54, 1.807) is 0 Å². The van der Waals surface area contributed by atoms with Crippen LogP contribution in [0.3, 0.4) is 0 Å². The Morgan fingerprint density at radius 3 is 1.23 bits per heavy atom. The maximum absolute atomic E-state index is 10.9. The average Bonchev–Trinajstić information content (AvgIpc) is 2.29. The van der Waals surface area contributed by atoms with E-state index in [0.717, 1.165) is 12.8 Å². The number of rotatable bonds is 6. The summed E-state index contributed by atoms with van der Waals surface area (Å²) in [5.41, 5.74) is 0. The molecule has 140 valence electrons. The van der Waals surface area contributed by atoms with Gasteiger partial charge in [0.1, 0.15) is 0 Å². The van der Waals surface area contributed by atoms with Crippen molar-refractivity contribution < 1.29 is 100 Å². The van der Waals surface area contributed by atoms with Crippen LogP contribution in [0.5, 0.6) is 0 Å². The molecule has 0 N–H and O–H groups in total. The molecule has 0 rings (SSSR count). The molecule has 0 fully saturated rings. The maximum Gasteiger partial charge on any atom is 0.528 e. The number of carbonyl (C=O) groups excluding carboxylic acids is 3. The van der Waals surface area contributed by atoms with Gasteiger partial charge in [0.15, 0.2) is 0 Å². The average molecular weight is 498 g/mol. The van der Waals surface area contributed by atoms with Crippen LogP contribution < -0.4 is 0 Å². The van der Waals surface area contributed by atoms with Gasteiger partial charge in [0.05, 0.1) is 13.2 Å². The number of ether oxygens (including phenoxy) is 4. The van der Waals surface area contributed by atoms with Gasteiger partial charge in [-0.3, -0.25) is 0 Å². The minimum atomic E-state index is -1.46. The van der Waals surface area contributed by atoms with Gasteiger partial charge < -0.3 is 18.9 Å². The maximum atomic E-state index is 10.9. The van der Waals surface area contributed by atoms with Crippen LogP contribution in [-0.2, 0) is 86.1 Å². The van der Waals surface area contributed by atoms with Gasteiger partial charge >= 0.3 is 18.5 Å². The third kappa shape index (κ3) is 22.5. The SMILES string of the molecule is CCCCOC(=O)OC(=O)OC(=O)OCCCC.[Co].[Co].[Co].[Co]. The fourth-order valence-corrected chi connectivity index (χ4v) is 0.816. The molecule has 0 aromatic heterocycles. The predicted octanol–water partition coefficient (Wildman–Crippen LogP) is 3.00. The van der Waals surface area contributed by atoms with E-state index < -0.39 is 18.5 Å². The second-order valence-electron chi connectivity index (χ2n) is 3.36. The third-order valence-corrected chi connectivity index (χ3v) is 1.77. The molecule has 4 radical (unpaired) electrons. The van der Waals surface area contributed by atoms with Gasteiger partial charge in [0.25, 0.3) is 0 Å². The first kappa shape index (κ1) is 33.8. The van der Waals surface area contributed by atoms with Gasteiger partial charge in [-0.1, -0.05) is 26.7 Å². The zero-order valence-corrected chi connectivity index (χ0v) is 16.1. The Morgan fingerprint density at radius 1 is 0.636 bits per heavy atom. The van der Waals surface area contributed by atoms with Gasteiger partial charge in [-0.05, 0) is 12.8 Å². The van der Waals surface area contributed by atoms with Crippen LogP contribution >= 0.6 is 0 Å². The van der Waals surface area contributed by atoms with Crippen LogP contribution in [0.15, 0.2) is 0 Å². The monoisotopic (exact) mass is 498 g/mol. The molecule has 0 heterocycles. The number of unbranched alkanes of at least 4 members (excludes halogenated alkanes) is 2. The first-order chi connectivity index (χ1) is 8.60. The van der Waals surface area contributed by atoms with E-state index in [-0.39, 0.29) is 80.3 Å². The van der Waals surface area contributed by atoms with Crippen LogP contribution in [-0.4, -0.2) is 31.7 Å². The van der Waals surface area contributed by atoms with Gasteiger partial charge in [-0.2, -0.15) is 0 Å². The first-order valence-corrected chi connectivity index (χ1v) is 5.83. The molecular formula is C11H18Co4O7. The zero-order chi connectivity index (χ0) is 13.8. The summed E-state index contributed by atoms with van der Waals surface area (Å²) in [7, 11) is 0. The fraction of sp³-hybridized carbons (Fsp3) is 0.727. The van der Waals surface area contributed by atoms with Crippen molar-refractivity contribution in [3.63, 3.8) is 0 Å². The topological polar surface area (TPSA) is 88.1 Å². The Kier molecular flexibility index (Phi) is 36.1. The number of hydrogen-bond donors (Lipinski definition) is 0. The van der Waals surface area contributed by atoms with Crippen LogP contribution in [0.4, 0.5) is 14.4 Å². The molecule has 0 saturated heterocycles. The van der Waals surface area contributed by atoms with Gasteiger partial charge in [0, 0.05) is 67.1 Å². The summed E-state index contributed by atoms with van der Waals surface area (Å²) in [6, 6.07) is 0. The second kappa shape index (κ2) is 23.5. The third-order valence-electron chi connectivity index (χ3n) is 1.77. The molecule has 0 atom stereocenters. The minimum Gasteiger partial charge on any atom is -0.434 e. The molecule has 0 aliphatic heterocycles. The molecule has 0 spiro atoms. The molecule has 0 aromatic rings. The molecule has 0 unspecified atom stereocenters. The van der Waals surface area contributed by atoms with E-state index in [9.17, 15) is 14.4 Å². The van der Waals surface area contributed by atoms with Crippen molar-refractivity contribution in [3.8, 4) is 0 Å². The van der Waals surface area contributed by atoms with Gasteiger partial charge in [0.2, 0.25) is 0 Å². The molecule has 0 amide bonds. The van der Waals surface area contributed by atoms with Crippen molar-refractivity contribution >= 4 is 18.5 Å². The van der Waals surface area contributed by atoms with E-state index in [1.807, 2.05) is 13.8 Å². The Hall–Kier alpha value is 0.236. The fourth-order valence-electron chi connectivity index (χ4n) is 0.816. The summed E-state index contributed by atoms with van der Waals surface area (Å²) < 4.78 is 17.1. The molecule has 0 saturated carbocycles. The Balaban J connectivity index is -0.000000241. The molecule has 0 bridgehead atoms. The largest absolute Gasteiger partial charge is 0.528 e. The predicted molar refractivity (Wildman–Crippen MR) is 60.1 cm³/mol. The van der Waals surface area contributed by atoms with Crippen LogP contribution in [0.1, 0.15) is 39.5 Å². The quantitative estimate of drug-likeness (QED) is 0.316. The molecule has 0 aliphatic rings. The zero-order valence-electron chi connectivity index (χ0n) is 11.9. The van der Waals surface area contributed by atoms with E-state index in [1.165, 1.54) is 0 Å². The van der Waals surface area contributed by atoms with E-state index in [4.69, 9.17) is 0 Å². The van der Waals surface area contributed by atoms with E-state index >= 15 is 0 Å². The van der Waals surface area contributed by atoms with Crippen molar-refractivity contribution in [2.24, 2.45) is 0 Å². The standard InChI is InChI=1S/C11H18O7.4Co/c1-3-5-7-15-9(12)17-11(14)18-10(13)16-8-6-4-2;;;;/h3-8H2,1-2H3;;;;. The summed E-state index contributed by atoms with van der Waals surface area (Å²) in [6.45, 7) is 4.11. The molecular weight excluding hydrogens is 480 g/mol. The normalized spacial score (nSPS) is 7.73. The van der Waals surface area contributed by atoms with Gasteiger partial charge in [-0.15, -0.1) is 0 Å². The summed E-state index contributed by atoms with van der Waals surface area (Å²) in [5.74, 6) is 0. The summed E-state index contributed by atoms with van der Waals surface area (Å²) in [5, 5.41) is 0. The van der Waals surface area contributed by atoms with Crippen LogP contribution in [0, 0.1) is 0 Å². The van der Waals surface area contributed by atoms with Crippen molar-refractivity contribution in [1.82, 2.24) is 0 Å². The van der Waals surface area contributed by atoms with Crippen LogP contribution in [0.2, 0.25) is 0 Å². The smallest absolute Gasteiger partial charge is 0.434 e. The molecule has 7 nitrogen and oxygen atoms in total. The van der Waals surface area contributed by atoms with Gasteiger partial charge in [-0.25, -0.2) is 14.4 Å². The van der Waals surface area contributed by atoms with Crippen molar-refractivity contribution in [2.45, 2.75) is 39.5 Å². The minimum absolute atomic E-state index is 0. The van der Waals surface area contributed by atoms with Crippen molar-refractivity contribution in [3.05, 3.63) is 0 Å². The van der Waals surface area contributed by atoms with E-state index in [0.29, 0.717) is 12.8 Å². The molecule has 0 aliphatic carbocycles. The molecule has 11 heteroatoms. The summed E-state index contributed by atoms with van der Waals surface area (Å²) in [4.78, 5) is 32.6. The summed E-state index contributed by atoms with van der Waals surface area (Å²) >= 11 is 0. The second-order valence-corrected chi connectivity index (χ2v) is 3.36. The Morgan fingerprint density at radius 2 is 0.955 bits per heavy atom. The Bertz CT molecular complexity index is 264. The van der Waals surface area contributed by atoms with E-state index in [2.05, 4.69) is 18.9 Å². The molecule has 0 aromatic carbocycles. The first-order valence-electron chi connectivity index (χ1n) is 5.83. The van der Waals surface area contributed by atoms with Crippen molar-refractivity contribution in [2.75, 3.05) is 13.2 Å². The number of carbonyl (C=O) groups is 3. The number of hydrogen-bond acceptors (Lipinski definition) is 7. The van der Waals surface area contributed by atoms with Crippen LogP contribution in [0.25, 0.3) is 0 Å². The molecule has 22 heavy (non-hydrogen) atoms. The summed E-state index contributed by atoms with van der Waals surface area (Å²) in [6.07, 6.45) is -0.877. The Labute approximate surface area is 171 Å².